The van der Waals surface area contributed by atoms with E-state index in [1.54, 1.807) is 12.1 Å². The molecule has 0 bridgehead atoms. The second kappa shape index (κ2) is 5.54. The van der Waals surface area contributed by atoms with Crippen molar-refractivity contribution in [1.82, 2.24) is 0 Å². The van der Waals surface area contributed by atoms with Gasteiger partial charge in [-0.3, -0.25) is 0 Å². The Bertz CT molecular complexity index is 412. The number of anilines is 1. The Morgan fingerprint density at radius 3 is 2.41 bits per heavy atom. The van der Waals surface area contributed by atoms with Crippen LogP contribution in [0.2, 0.25) is 0 Å². The fraction of sp³-hybridized carbons (Fsp3) is 0.462. The summed E-state index contributed by atoms with van der Waals surface area (Å²) < 4.78 is 0.874. The molecule has 0 saturated carbocycles. The van der Waals surface area contributed by atoms with Gasteiger partial charge in [-0.1, -0.05) is 18.9 Å². The summed E-state index contributed by atoms with van der Waals surface area (Å²) in [5.41, 5.74) is 1.23. The molecule has 0 amide bonds. The van der Waals surface area contributed by atoms with Gasteiger partial charge in [0, 0.05) is 17.6 Å². The Morgan fingerprint density at radius 1 is 1.18 bits per heavy atom. The third kappa shape index (κ3) is 2.80. The van der Waals surface area contributed by atoms with Crippen molar-refractivity contribution in [3.8, 4) is 0 Å². The summed E-state index contributed by atoms with van der Waals surface area (Å²) in [6.45, 7) is 1.89. The van der Waals surface area contributed by atoms with Gasteiger partial charge in [0.25, 0.3) is 0 Å². The minimum atomic E-state index is -0.856. The molecule has 92 valence electrons. The van der Waals surface area contributed by atoms with Crippen LogP contribution in [-0.4, -0.2) is 24.2 Å². The maximum absolute atomic E-state index is 11.3. The fourth-order valence-electron chi connectivity index (χ4n) is 2.30. The van der Waals surface area contributed by atoms with E-state index >= 15 is 0 Å². The van der Waals surface area contributed by atoms with Crippen LogP contribution in [0.25, 0.3) is 0 Å². The van der Waals surface area contributed by atoms with E-state index < -0.39 is 5.97 Å². The summed E-state index contributed by atoms with van der Waals surface area (Å²) in [7, 11) is 0. The summed E-state index contributed by atoms with van der Waals surface area (Å²) in [5.74, 6) is -0.856. The third-order valence-corrected chi connectivity index (χ3v) is 3.78. The second-order valence-corrected chi connectivity index (χ2v) is 5.20. The van der Waals surface area contributed by atoms with Crippen molar-refractivity contribution < 1.29 is 9.90 Å². The number of carbonyl (C=O) groups is 1. The van der Waals surface area contributed by atoms with Crippen molar-refractivity contribution in [2.75, 3.05) is 18.0 Å². The van der Waals surface area contributed by atoms with E-state index in [1.165, 1.54) is 12.8 Å². The molecule has 1 saturated heterocycles. The highest BCUT2D eigenvalue weighted by atomic mass is 79.9. The molecule has 3 nitrogen and oxygen atoms in total. The van der Waals surface area contributed by atoms with Crippen molar-refractivity contribution in [1.29, 1.82) is 0 Å². The minimum absolute atomic E-state index is 0.390. The van der Waals surface area contributed by atoms with Crippen LogP contribution in [0.4, 0.5) is 5.69 Å². The molecule has 1 aliphatic rings. The summed E-state index contributed by atoms with van der Waals surface area (Å²) in [6.07, 6.45) is 4.76. The van der Waals surface area contributed by atoms with Crippen LogP contribution in [-0.2, 0) is 0 Å². The normalized spacial score (nSPS) is 16.6. The molecule has 1 fully saturated rings. The van der Waals surface area contributed by atoms with E-state index in [1.807, 2.05) is 6.07 Å². The lowest BCUT2D eigenvalue weighted by Gasteiger charge is -2.25. The Labute approximate surface area is 110 Å². The van der Waals surface area contributed by atoms with Crippen molar-refractivity contribution in [2.24, 2.45) is 0 Å². The summed E-state index contributed by atoms with van der Waals surface area (Å²) in [6, 6.07) is 5.36. The molecule has 1 aromatic rings. The number of aromatic carboxylic acids is 1. The smallest absolute Gasteiger partial charge is 0.337 e. The predicted molar refractivity (Wildman–Crippen MR) is 71.8 cm³/mol. The molecule has 1 heterocycles. The number of carboxylic acids is 1. The molecule has 17 heavy (non-hydrogen) atoms. The van der Waals surface area contributed by atoms with Crippen molar-refractivity contribution in [3.05, 3.63) is 28.2 Å². The monoisotopic (exact) mass is 297 g/mol. The van der Waals surface area contributed by atoms with Gasteiger partial charge in [0.1, 0.15) is 0 Å². The average molecular weight is 298 g/mol. The van der Waals surface area contributed by atoms with Gasteiger partial charge in [0.05, 0.1) is 11.3 Å². The van der Waals surface area contributed by atoms with E-state index in [2.05, 4.69) is 20.8 Å². The minimum Gasteiger partial charge on any atom is -0.478 e. The van der Waals surface area contributed by atoms with Crippen LogP contribution in [0.3, 0.4) is 0 Å². The van der Waals surface area contributed by atoms with Gasteiger partial charge in [-0.2, -0.15) is 0 Å². The molecule has 0 aromatic heterocycles. The Kier molecular flexibility index (Phi) is 4.05. The molecule has 0 spiro atoms. The van der Waals surface area contributed by atoms with Gasteiger partial charge in [-0.15, -0.1) is 0 Å². The lowest BCUT2D eigenvalue weighted by atomic mass is 10.1. The molecule has 0 atom stereocenters. The van der Waals surface area contributed by atoms with Crippen LogP contribution in [0.15, 0.2) is 22.7 Å². The van der Waals surface area contributed by atoms with Crippen molar-refractivity contribution in [2.45, 2.75) is 25.7 Å². The zero-order chi connectivity index (χ0) is 12.3. The van der Waals surface area contributed by atoms with Crippen LogP contribution in [0.5, 0.6) is 0 Å². The van der Waals surface area contributed by atoms with Crippen molar-refractivity contribution in [3.63, 3.8) is 0 Å². The number of rotatable bonds is 2. The standard InChI is InChI=1S/C13H16BrNO2/c14-11-7-5-6-10(13(16)17)12(11)15-8-3-1-2-4-9-15/h5-7H,1-4,8-9H2,(H,16,17). The van der Waals surface area contributed by atoms with Crippen molar-refractivity contribution >= 4 is 27.6 Å². The molecular formula is C13H16BrNO2. The van der Waals surface area contributed by atoms with Gasteiger partial charge in [-0.05, 0) is 40.9 Å². The summed E-state index contributed by atoms with van der Waals surface area (Å²) in [5, 5.41) is 9.24. The molecular weight excluding hydrogens is 282 g/mol. The van der Waals surface area contributed by atoms with Gasteiger partial charge >= 0.3 is 5.97 Å². The van der Waals surface area contributed by atoms with Crippen LogP contribution >= 0.6 is 15.9 Å². The quantitative estimate of drug-likeness (QED) is 0.908. The second-order valence-electron chi connectivity index (χ2n) is 4.34. The van der Waals surface area contributed by atoms with Gasteiger partial charge in [0.15, 0.2) is 0 Å². The first-order valence-corrected chi connectivity index (χ1v) is 6.76. The maximum Gasteiger partial charge on any atom is 0.337 e. The fourth-order valence-corrected chi connectivity index (χ4v) is 2.92. The van der Waals surface area contributed by atoms with E-state index in [0.717, 1.165) is 36.1 Å². The number of para-hydroxylation sites is 1. The summed E-state index contributed by atoms with van der Waals surface area (Å²) >= 11 is 3.47. The number of hydrogen-bond donors (Lipinski definition) is 1. The topological polar surface area (TPSA) is 40.5 Å². The zero-order valence-electron chi connectivity index (χ0n) is 9.66. The lowest BCUT2D eigenvalue weighted by molar-refractivity contribution is 0.0697. The van der Waals surface area contributed by atoms with E-state index in [9.17, 15) is 9.90 Å². The van der Waals surface area contributed by atoms with Gasteiger partial charge in [-0.25, -0.2) is 4.79 Å². The highest BCUT2D eigenvalue weighted by molar-refractivity contribution is 9.10. The first-order chi connectivity index (χ1) is 8.20. The SMILES string of the molecule is O=C(O)c1cccc(Br)c1N1CCCCCC1. The maximum atomic E-state index is 11.3. The average Bonchev–Trinajstić information content (AvgIpc) is 2.57. The largest absolute Gasteiger partial charge is 0.478 e. The molecule has 4 heteroatoms. The number of benzene rings is 1. The predicted octanol–water partition coefficient (Wildman–Crippen LogP) is 3.53. The molecule has 1 aliphatic heterocycles. The Hall–Kier alpha value is -1.03. The van der Waals surface area contributed by atoms with Gasteiger partial charge < -0.3 is 10.0 Å². The first-order valence-electron chi connectivity index (χ1n) is 5.97. The van der Waals surface area contributed by atoms with Gasteiger partial charge in [0.2, 0.25) is 0 Å². The number of hydrogen-bond acceptors (Lipinski definition) is 2. The highest BCUT2D eigenvalue weighted by Gasteiger charge is 2.19. The van der Waals surface area contributed by atoms with Crippen LogP contribution < -0.4 is 4.90 Å². The zero-order valence-corrected chi connectivity index (χ0v) is 11.2. The third-order valence-electron chi connectivity index (χ3n) is 3.14. The molecule has 1 N–H and O–H groups in total. The van der Waals surface area contributed by atoms with E-state index in [-0.39, 0.29) is 0 Å². The summed E-state index contributed by atoms with van der Waals surface area (Å²) in [4.78, 5) is 13.5. The lowest BCUT2D eigenvalue weighted by Crippen LogP contribution is -2.26. The molecule has 0 unspecified atom stereocenters. The van der Waals surface area contributed by atoms with E-state index in [4.69, 9.17) is 0 Å². The molecule has 0 aliphatic carbocycles. The Balaban J connectivity index is 2.37. The molecule has 0 radical (unpaired) electrons. The number of nitrogens with zero attached hydrogens (tertiary/aromatic N) is 1. The Morgan fingerprint density at radius 2 is 1.82 bits per heavy atom. The number of carboxylic acid groups (broad SMARTS) is 1. The molecule has 2 rings (SSSR count). The van der Waals surface area contributed by atoms with E-state index in [0.29, 0.717) is 5.56 Å². The van der Waals surface area contributed by atoms with Crippen LogP contribution in [0, 0.1) is 0 Å². The number of halogens is 1. The molecule has 1 aromatic carbocycles. The highest BCUT2D eigenvalue weighted by Crippen LogP contribution is 2.32. The first kappa shape index (κ1) is 12.4. The van der Waals surface area contributed by atoms with Crippen LogP contribution in [0.1, 0.15) is 36.0 Å².